The van der Waals surface area contributed by atoms with Crippen LogP contribution in [0.3, 0.4) is 0 Å². The summed E-state index contributed by atoms with van der Waals surface area (Å²) < 4.78 is 11.2. The Morgan fingerprint density at radius 2 is 2.04 bits per heavy atom. The lowest BCUT2D eigenvalue weighted by molar-refractivity contribution is -0.141. The molecule has 2 aliphatic heterocycles. The number of ketones is 1. The maximum absolute atomic E-state index is 12.9. The summed E-state index contributed by atoms with van der Waals surface area (Å²) in [6.07, 6.45) is 3.16. The molecule has 1 amide bonds. The third kappa shape index (κ3) is 3.14. The first-order valence-corrected chi connectivity index (χ1v) is 9.48. The fourth-order valence-electron chi connectivity index (χ4n) is 3.86. The highest BCUT2D eigenvalue weighted by Gasteiger charge is 2.48. The van der Waals surface area contributed by atoms with Gasteiger partial charge in [-0.25, -0.2) is 0 Å². The van der Waals surface area contributed by atoms with Crippen molar-refractivity contribution < 1.29 is 23.8 Å². The largest absolute Gasteiger partial charge is 0.507 e. The fourth-order valence-corrected chi connectivity index (χ4v) is 3.86. The number of rotatable bonds is 4. The standard InChI is InChI=1S/C22H23NO5/c1-13-7-8-15(11-14(13)2)20(24)18-19(17-6-4-10-28-17)23(22(26)21(18)25)12-16-5-3-9-27-16/h4,6-8,10-11,16,19,24H,3,5,9,12H2,1-2H3/b20-18-. The number of likely N-dealkylation sites (tertiary alicyclic amines) is 1. The van der Waals surface area contributed by atoms with E-state index in [2.05, 4.69) is 0 Å². The summed E-state index contributed by atoms with van der Waals surface area (Å²) in [4.78, 5) is 27.1. The number of aliphatic hydroxyl groups is 1. The van der Waals surface area contributed by atoms with Crippen molar-refractivity contribution in [1.29, 1.82) is 0 Å². The Morgan fingerprint density at radius 3 is 2.68 bits per heavy atom. The van der Waals surface area contributed by atoms with Crippen molar-refractivity contribution in [2.24, 2.45) is 0 Å². The second kappa shape index (κ2) is 7.28. The number of aryl methyl sites for hydroxylation is 2. The molecular formula is C22H23NO5. The molecular weight excluding hydrogens is 358 g/mol. The number of hydrogen-bond donors (Lipinski definition) is 1. The van der Waals surface area contributed by atoms with Gasteiger partial charge < -0.3 is 19.2 Å². The molecule has 146 valence electrons. The lowest BCUT2D eigenvalue weighted by Crippen LogP contribution is -2.36. The van der Waals surface area contributed by atoms with E-state index in [-0.39, 0.29) is 17.4 Å². The van der Waals surface area contributed by atoms with Crippen molar-refractivity contribution in [2.45, 2.75) is 38.8 Å². The minimum atomic E-state index is -0.763. The summed E-state index contributed by atoms with van der Waals surface area (Å²) in [6.45, 7) is 4.86. The molecule has 2 aliphatic rings. The Hall–Kier alpha value is -2.86. The number of carbonyl (C=O) groups is 2. The fraction of sp³-hybridized carbons (Fsp3) is 0.364. The quantitative estimate of drug-likeness (QED) is 0.498. The molecule has 6 nitrogen and oxygen atoms in total. The van der Waals surface area contributed by atoms with Crippen molar-refractivity contribution in [3.05, 3.63) is 64.6 Å². The van der Waals surface area contributed by atoms with Crippen LogP contribution in [-0.4, -0.2) is 41.0 Å². The molecule has 0 saturated carbocycles. The minimum absolute atomic E-state index is 0.0567. The van der Waals surface area contributed by atoms with E-state index in [0.717, 1.165) is 24.0 Å². The smallest absolute Gasteiger partial charge is 0.295 e. The Labute approximate surface area is 163 Å². The average molecular weight is 381 g/mol. The van der Waals surface area contributed by atoms with E-state index in [1.165, 1.54) is 11.2 Å². The maximum Gasteiger partial charge on any atom is 0.295 e. The number of aliphatic hydroxyl groups excluding tert-OH is 1. The molecule has 1 N–H and O–H groups in total. The zero-order valence-corrected chi connectivity index (χ0v) is 16.0. The van der Waals surface area contributed by atoms with Gasteiger partial charge in [-0.05, 0) is 56.0 Å². The van der Waals surface area contributed by atoms with Crippen molar-refractivity contribution in [3.8, 4) is 0 Å². The molecule has 2 fully saturated rings. The first-order valence-electron chi connectivity index (χ1n) is 9.48. The number of ether oxygens (including phenoxy) is 1. The lowest BCUT2D eigenvalue weighted by atomic mass is 9.97. The third-order valence-electron chi connectivity index (χ3n) is 5.56. The number of furan rings is 1. The normalized spacial score (nSPS) is 24.3. The van der Waals surface area contributed by atoms with Gasteiger partial charge in [-0.3, -0.25) is 9.59 Å². The van der Waals surface area contributed by atoms with Gasteiger partial charge in [0.2, 0.25) is 0 Å². The van der Waals surface area contributed by atoms with Crippen LogP contribution in [0.15, 0.2) is 46.6 Å². The number of Topliss-reactive ketones (excluding diaryl/α,β-unsaturated/α-hetero) is 1. The molecule has 0 radical (unpaired) electrons. The number of benzene rings is 1. The number of nitrogens with zero attached hydrogens (tertiary/aromatic N) is 1. The van der Waals surface area contributed by atoms with Crippen LogP contribution in [0.1, 0.15) is 41.3 Å². The van der Waals surface area contributed by atoms with E-state index >= 15 is 0 Å². The SMILES string of the molecule is Cc1ccc(/C(O)=C2/C(=O)C(=O)N(CC3CCCO3)C2c2ccco2)cc1C. The molecule has 0 spiro atoms. The van der Waals surface area contributed by atoms with Gasteiger partial charge >= 0.3 is 0 Å². The third-order valence-corrected chi connectivity index (χ3v) is 5.56. The van der Waals surface area contributed by atoms with Crippen molar-refractivity contribution in [3.63, 3.8) is 0 Å². The maximum atomic E-state index is 12.9. The van der Waals surface area contributed by atoms with Crippen LogP contribution >= 0.6 is 0 Å². The van der Waals surface area contributed by atoms with Gasteiger partial charge in [0.25, 0.3) is 11.7 Å². The van der Waals surface area contributed by atoms with E-state index in [4.69, 9.17) is 9.15 Å². The summed E-state index contributed by atoms with van der Waals surface area (Å²) in [5, 5.41) is 11.0. The Balaban J connectivity index is 1.80. The first kappa shape index (κ1) is 18.5. The van der Waals surface area contributed by atoms with E-state index in [1.54, 1.807) is 18.2 Å². The highest BCUT2D eigenvalue weighted by Crippen LogP contribution is 2.40. The topological polar surface area (TPSA) is 80.0 Å². The molecule has 2 saturated heterocycles. The van der Waals surface area contributed by atoms with Crippen LogP contribution in [0.2, 0.25) is 0 Å². The van der Waals surface area contributed by atoms with Crippen molar-refractivity contribution in [1.82, 2.24) is 4.90 Å². The summed E-state index contributed by atoms with van der Waals surface area (Å²) in [6, 6.07) is 8.11. The van der Waals surface area contributed by atoms with Crippen LogP contribution in [0.4, 0.5) is 0 Å². The predicted octanol–water partition coefficient (Wildman–Crippen LogP) is 3.50. The zero-order chi connectivity index (χ0) is 19.8. The van der Waals surface area contributed by atoms with Gasteiger partial charge in [-0.15, -0.1) is 0 Å². The van der Waals surface area contributed by atoms with Crippen molar-refractivity contribution in [2.75, 3.05) is 13.2 Å². The molecule has 28 heavy (non-hydrogen) atoms. The molecule has 2 aromatic rings. The van der Waals surface area contributed by atoms with Gasteiger partial charge in [-0.1, -0.05) is 12.1 Å². The minimum Gasteiger partial charge on any atom is -0.507 e. The number of carbonyl (C=O) groups excluding carboxylic acids is 2. The van der Waals surface area contributed by atoms with Crippen LogP contribution in [0.5, 0.6) is 0 Å². The van der Waals surface area contributed by atoms with Crippen LogP contribution in [0, 0.1) is 13.8 Å². The van der Waals surface area contributed by atoms with Gasteiger partial charge in [0.15, 0.2) is 0 Å². The Morgan fingerprint density at radius 1 is 1.21 bits per heavy atom. The molecule has 3 heterocycles. The molecule has 1 aromatic carbocycles. The molecule has 2 atom stereocenters. The highest BCUT2D eigenvalue weighted by molar-refractivity contribution is 6.46. The van der Waals surface area contributed by atoms with Crippen LogP contribution in [0.25, 0.3) is 5.76 Å². The Kier molecular flexibility index (Phi) is 4.81. The highest BCUT2D eigenvalue weighted by atomic mass is 16.5. The molecule has 6 heteroatoms. The van der Waals surface area contributed by atoms with Gasteiger partial charge in [0, 0.05) is 18.7 Å². The second-order valence-corrected chi connectivity index (χ2v) is 7.40. The van der Waals surface area contributed by atoms with E-state index in [9.17, 15) is 14.7 Å². The monoisotopic (exact) mass is 381 g/mol. The molecule has 0 bridgehead atoms. The predicted molar refractivity (Wildman–Crippen MR) is 103 cm³/mol. The Bertz CT molecular complexity index is 938. The summed E-state index contributed by atoms with van der Waals surface area (Å²) in [5.41, 5.74) is 2.64. The molecule has 2 unspecified atom stereocenters. The number of hydrogen-bond acceptors (Lipinski definition) is 5. The van der Waals surface area contributed by atoms with Crippen LogP contribution < -0.4 is 0 Å². The second-order valence-electron chi connectivity index (χ2n) is 7.40. The summed E-state index contributed by atoms with van der Waals surface area (Å²) >= 11 is 0. The van der Waals surface area contributed by atoms with Gasteiger partial charge in [0.1, 0.15) is 17.6 Å². The first-order chi connectivity index (χ1) is 13.5. The summed E-state index contributed by atoms with van der Waals surface area (Å²) in [5.74, 6) is -1.07. The lowest BCUT2D eigenvalue weighted by Gasteiger charge is -2.25. The van der Waals surface area contributed by atoms with Crippen molar-refractivity contribution >= 4 is 17.4 Å². The molecule has 0 aliphatic carbocycles. The zero-order valence-electron chi connectivity index (χ0n) is 16.0. The van der Waals surface area contributed by atoms with Gasteiger partial charge in [-0.2, -0.15) is 0 Å². The van der Waals surface area contributed by atoms with E-state index in [0.29, 0.717) is 24.5 Å². The van der Waals surface area contributed by atoms with Gasteiger partial charge in [0.05, 0.1) is 17.9 Å². The van der Waals surface area contributed by atoms with E-state index < -0.39 is 17.7 Å². The van der Waals surface area contributed by atoms with E-state index in [1.807, 2.05) is 26.0 Å². The number of amides is 1. The summed E-state index contributed by atoms with van der Waals surface area (Å²) in [7, 11) is 0. The molecule has 4 rings (SSSR count). The molecule has 1 aromatic heterocycles. The van der Waals surface area contributed by atoms with Crippen LogP contribution in [-0.2, 0) is 14.3 Å². The average Bonchev–Trinajstić information content (AvgIpc) is 3.42.